The van der Waals surface area contributed by atoms with Crippen molar-refractivity contribution in [1.29, 1.82) is 0 Å². The third-order valence-corrected chi connectivity index (χ3v) is 8.40. The Bertz CT molecular complexity index is 876. The maximum atomic E-state index is 12.0. The van der Waals surface area contributed by atoms with Gasteiger partial charge in [-0.3, -0.25) is 9.58 Å². The first kappa shape index (κ1) is 19.1. The van der Waals surface area contributed by atoms with Gasteiger partial charge in [0, 0.05) is 37.8 Å². The number of aromatic nitrogens is 2. The molecule has 2 aromatic rings. The molecule has 27 heavy (non-hydrogen) atoms. The third-order valence-electron chi connectivity index (χ3n) is 5.96. The highest BCUT2D eigenvalue weighted by atomic mass is 32.2. The molecule has 3 aliphatic heterocycles. The summed E-state index contributed by atoms with van der Waals surface area (Å²) in [5.74, 6) is 1.29. The number of piperidine rings is 3. The maximum Gasteiger partial charge on any atom is 0.211 e. The van der Waals surface area contributed by atoms with E-state index in [-0.39, 0.29) is 5.75 Å². The van der Waals surface area contributed by atoms with Gasteiger partial charge in [0.15, 0.2) is 0 Å². The van der Waals surface area contributed by atoms with Gasteiger partial charge in [-0.1, -0.05) is 13.0 Å². The lowest BCUT2D eigenvalue weighted by molar-refractivity contribution is 0.0306. The van der Waals surface area contributed by atoms with E-state index in [1.165, 1.54) is 17.0 Å². The summed E-state index contributed by atoms with van der Waals surface area (Å²) in [5, 5.41) is 6.82. The molecule has 2 aromatic heterocycles. The summed E-state index contributed by atoms with van der Waals surface area (Å²) in [4.78, 5) is 3.68. The largest absolute Gasteiger partial charge is 0.298 e. The summed E-state index contributed by atoms with van der Waals surface area (Å²) >= 11 is 1.72. The van der Waals surface area contributed by atoms with Crippen molar-refractivity contribution >= 4 is 21.4 Å². The van der Waals surface area contributed by atoms with Gasteiger partial charge in [0.2, 0.25) is 10.0 Å². The van der Waals surface area contributed by atoms with Crippen molar-refractivity contribution < 1.29 is 8.42 Å². The van der Waals surface area contributed by atoms with E-state index in [4.69, 9.17) is 5.10 Å². The van der Waals surface area contributed by atoms with E-state index < -0.39 is 10.0 Å². The zero-order chi connectivity index (χ0) is 19.0. The molecule has 0 spiro atoms. The van der Waals surface area contributed by atoms with Gasteiger partial charge in [-0.15, -0.1) is 11.3 Å². The second-order valence-electron chi connectivity index (χ2n) is 7.76. The molecule has 0 amide bonds. The molecule has 1 N–H and O–H groups in total. The Labute approximate surface area is 165 Å². The molecular weight excluding hydrogens is 380 g/mol. The fourth-order valence-electron chi connectivity index (χ4n) is 4.62. The van der Waals surface area contributed by atoms with Crippen LogP contribution >= 0.6 is 11.3 Å². The first-order valence-electron chi connectivity index (χ1n) is 9.76. The Morgan fingerprint density at radius 2 is 2.26 bits per heavy atom. The number of fused-ring (bicyclic) bond motifs is 3. The molecule has 8 heteroatoms. The molecule has 4 unspecified atom stereocenters. The maximum absolute atomic E-state index is 12.0. The van der Waals surface area contributed by atoms with Crippen molar-refractivity contribution in [3.63, 3.8) is 0 Å². The molecule has 2 bridgehead atoms. The molecule has 0 aliphatic carbocycles. The molecule has 6 nitrogen and oxygen atoms in total. The van der Waals surface area contributed by atoms with E-state index in [1.54, 1.807) is 11.3 Å². The number of nitrogens with one attached hydrogen (secondary N) is 1. The monoisotopic (exact) mass is 408 g/mol. The van der Waals surface area contributed by atoms with Gasteiger partial charge < -0.3 is 0 Å². The summed E-state index contributed by atoms with van der Waals surface area (Å²) in [6.07, 6.45) is 2.89. The lowest BCUT2D eigenvalue weighted by Gasteiger charge is -2.49. The van der Waals surface area contributed by atoms with Crippen molar-refractivity contribution in [2.24, 2.45) is 13.0 Å². The number of sulfonamides is 1. The van der Waals surface area contributed by atoms with Crippen LogP contribution in [0.3, 0.4) is 0 Å². The summed E-state index contributed by atoms with van der Waals surface area (Å²) in [6.45, 7) is 4.50. The van der Waals surface area contributed by atoms with Crippen LogP contribution in [0.25, 0.3) is 10.6 Å². The highest BCUT2D eigenvalue weighted by molar-refractivity contribution is 7.89. The van der Waals surface area contributed by atoms with Gasteiger partial charge in [0.05, 0.1) is 10.6 Å². The lowest BCUT2D eigenvalue weighted by Crippen LogP contribution is -2.56. The summed E-state index contributed by atoms with van der Waals surface area (Å²) in [6, 6.07) is 6.74. The fourth-order valence-corrected chi connectivity index (χ4v) is 6.43. The average molecular weight is 409 g/mol. The highest BCUT2D eigenvalue weighted by Gasteiger charge is 2.42. The van der Waals surface area contributed by atoms with Gasteiger partial charge in [-0.2, -0.15) is 5.10 Å². The minimum atomic E-state index is -3.13. The molecule has 0 saturated carbocycles. The van der Waals surface area contributed by atoms with Crippen LogP contribution in [0.15, 0.2) is 23.6 Å². The topological polar surface area (TPSA) is 67.2 Å². The molecular formula is C19H28N4O2S2. The number of thiophene rings is 1. The Morgan fingerprint density at radius 1 is 1.41 bits per heavy atom. The minimum absolute atomic E-state index is 0.215. The van der Waals surface area contributed by atoms with Gasteiger partial charge >= 0.3 is 0 Å². The first-order valence-corrected chi connectivity index (χ1v) is 12.3. The first-order chi connectivity index (χ1) is 13.0. The SMILES string of the molecule is CCCS(=O)(=O)NCC1CC2CCN1CC2c1cc(-c2cccs2)nn1C. The predicted octanol–water partition coefficient (Wildman–Crippen LogP) is 2.66. The van der Waals surface area contributed by atoms with E-state index in [2.05, 4.69) is 33.2 Å². The average Bonchev–Trinajstić information content (AvgIpc) is 3.30. The number of hydrogen-bond acceptors (Lipinski definition) is 5. The van der Waals surface area contributed by atoms with Crippen LogP contribution in [-0.4, -0.2) is 54.5 Å². The second kappa shape index (κ2) is 7.66. The van der Waals surface area contributed by atoms with Crippen molar-refractivity contribution in [3.8, 4) is 10.6 Å². The normalized spacial score (nSPS) is 27.9. The Hall–Kier alpha value is -1.22. The quantitative estimate of drug-likeness (QED) is 0.765. The molecule has 5 rings (SSSR count). The molecule has 148 valence electrons. The van der Waals surface area contributed by atoms with Crippen LogP contribution in [0.5, 0.6) is 0 Å². The number of hydrogen-bond donors (Lipinski definition) is 1. The van der Waals surface area contributed by atoms with Gasteiger partial charge in [-0.25, -0.2) is 13.1 Å². The van der Waals surface area contributed by atoms with E-state index in [0.29, 0.717) is 30.8 Å². The Kier molecular flexibility index (Phi) is 5.42. The molecule has 0 aromatic carbocycles. The van der Waals surface area contributed by atoms with Crippen molar-refractivity contribution in [3.05, 3.63) is 29.3 Å². The standard InChI is InChI=1S/C19H28N4O2S2/c1-3-9-27(24,25)20-12-15-10-14-6-7-23(15)13-16(14)18-11-17(21-22(18)2)19-5-4-8-26-19/h4-5,8,11,14-16,20H,3,6-7,9-10,12-13H2,1-2H3. The van der Waals surface area contributed by atoms with Gasteiger partial charge in [-0.05, 0) is 49.2 Å². The van der Waals surface area contributed by atoms with Crippen molar-refractivity contribution in [2.75, 3.05) is 25.4 Å². The Balaban J connectivity index is 1.45. The van der Waals surface area contributed by atoms with E-state index >= 15 is 0 Å². The summed E-state index contributed by atoms with van der Waals surface area (Å²) < 4.78 is 28.8. The van der Waals surface area contributed by atoms with Crippen LogP contribution in [0.1, 0.15) is 37.8 Å². The van der Waals surface area contributed by atoms with Crippen molar-refractivity contribution in [1.82, 2.24) is 19.4 Å². The number of nitrogens with zero attached hydrogens (tertiary/aromatic N) is 3. The lowest BCUT2D eigenvalue weighted by atomic mass is 9.74. The zero-order valence-electron chi connectivity index (χ0n) is 16.0. The summed E-state index contributed by atoms with van der Waals surface area (Å²) in [7, 11) is -1.09. The zero-order valence-corrected chi connectivity index (χ0v) is 17.6. The van der Waals surface area contributed by atoms with Crippen LogP contribution in [-0.2, 0) is 17.1 Å². The van der Waals surface area contributed by atoms with Gasteiger partial charge in [0.1, 0.15) is 5.69 Å². The van der Waals surface area contributed by atoms with Crippen molar-refractivity contribution in [2.45, 2.75) is 38.1 Å². The van der Waals surface area contributed by atoms with E-state index in [0.717, 1.165) is 25.2 Å². The molecule has 3 saturated heterocycles. The minimum Gasteiger partial charge on any atom is -0.298 e. The number of aryl methyl sites for hydroxylation is 1. The molecule has 3 fully saturated rings. The molecule has 3 aliphatic rings. The third kappa shape index (κ3) is 3.99. The molecule has 4 atom stereocenters. The molecule has 0 radical (unpaired) electrons. The Morgan fingerprint density at radius 3 is 2.93 bits per heavy atom. The van der Waals surface area contributed by atoms with E-state index in [1.807, 2.05) is 18.7 Å². The predicted molar refractivity (Wildman–Crippen MR) is 109 cm³/mol. The highest BCUT2D eigenvalue weighted by Crippen LogP contribution is 2.42. The van der Waals surface area contributed by atoms with Crippen LogP contribution in [0.4, 0.5) is 0 Å². The number of rotatable bonds is 7. The summed E-state index contributed by atoms with van der Waals surface area (Å²) in [5.41, 5.74) is 2.36. The van der Waals surface area contributed by atoms with Crippen LogP contribution < -0.4 is 4.72 Å². The van der Waals surface area contributed by atoms with Crippen LogP contribution in [0, 0.1) is 5.92 Å². The smallest absolute Gasteiger partial charge is 0.211 e. The van der Waals surface area contributed by atoms with Gasteiger partial charge in [0.25, 0.3) is 0 Å². The fraction of sp³-hybridized carbons (Fsp3) is 0.632. The molecule has 5 heterocycles. The second-order valence-corrected chi connectivity index (χ2v) is 10.6. The van der Waals surface area contributed by atoms with Crippen LogP contribution in [0.2, 0.25) is 0 Å². The van der Waals surface area contributed by atoms with E-state index in [9.17, 15) is 8.42 Å².